The van der Waals surface area contributed by atoms with E-state index in [9.17, 15) is 9.59 Å². The molecule has 0 unspecified atom stereocenters. The van der Waals surface area contributed by atoms with Gasteiger partial charge in [-0.15, -0.1) is 0 Å². The monoisotopic (exact) mass is 305 g/mol. The van der Waals surface area contributed by atoms with E-state index in [4.69, 9.17) is 4.74 Å². The minimum atomic E-state index is -0.632. The van der Waals surface area contributed by atoms with Crippen molar-refractivity contribution < 1.29 is 14.3 Å². The highest BCUT2D eigenvalue weighted by molar-refractivity contribution is 5.89. The topological polar surface area (TPSA) is 81.2 Å². The van der Waals surface area contributed by atoms with E-state index >= 15 is 0 Å². The number of aryl methyl sites for hydroxylation is 1. The second-order valence-electron chi connectivity index (χ2n) is 6.06. The Labute approximate surface area is 130 Å². The van der Waals surface area contributed by atoms with Gasteiger partial charge in [0.05, 0.1) is 11.9 Å². The summed E-state index contributed by atoms with van der Waals surface area (Å²) in [6.45, 7) is 5.86. The third-order valence-electron chi connectivity index (χ3n) is 4.38. The Morgan fingerprint density at radius 1 is 1.27 bits per heavy atom. The van der Waals surface area contributed by atoms with Gasteiger partial charge < -0.3 is 10.1 Å². The zero-order valence-electron chi connectivity index (χ0n) is 13.3. The van der Waals surface area contributed by atoms with Crippen LogP contribution in [0.5, 0.6) is 0 Å². The SMILES string of the molecule is Cc1cnc(C(=O)OCC(=O)N[C@@H]2CCC[C@H](C)[C@H]2C)cn1. The van der Waals surface area contributed by atoms with Gasteiger partial charge in [0.25, 0.3) is 5.91 Å². The molecule has 1 heterocycles. The van der Waals surface area contributed by atoms with Crippen LogP contribution in [0.3, 0.4) is 0 Å². The number of rotatable bonds is 4. The molecule has 1 aromatic heterocycles. The maximum atomic E-state index is 11.9. The number of nitrogens with zero attached hydrogens (tertiary/aromatic N) is 2. The van der Waals surface area contributed by atoms with Crippen LogP contribution in [0.4, 0.5) is 0 Å². The molecule has 1 N–H and O–H groups in total. The van der Waals surface area contributed by atoms with Gasteiger partial charge in [-0.25, -0.2) is 9.78 Å². The fourth-order valence-electron chi connectivity index (χ4n) is 2.74. The lowest BCUT2D eigenvalue weighted by Crippen LogP contribution is -2.45. The number of aromatic nitrogens is 2. The molecule has 0 radical (unpaired) electrons. The van der Waals surface area contributed by atoms with Crippen LogP contribution < -0.4 is 5.32 Å². The maximum Gasteiger partial charge on any atom is 0.359 e. The fourth-order valence-corrected chi connectivity index (χ4v) is 2.74. The summed E-state index contributed by atoms with van der Waals surface area (Å²) in [5.41, 5.74) is 0.827. The molecule has 6 heteroatoms. The standard InChI is InChI=1S/C16H23N3O3/c1-10-5-4-6-13(12(10)3)19-15(20)9-22-16(21)14-8-17-11(2)7-18-14/h7-8,10,12-13H,4-6,9H2,1-3H3,(H,19,20)/t10-,12+,13+/m0/s1. The van der Waals surface area contributed by atoms with Gasteiger partial charge in [0, 0.05) is 12.2 Å². The highest BCUT2D eigenvalue weighted by atomic mass is 16.5. The Morgan fingerprint density at radius 2 is 2.05 bits per heavy atom. The van der Waals surface area contributed by atoms with Gasteiger partial charge in [-0.05, 0) is 25.2 Å². The Balaban J connectivity index is 1.80. The third kappa shape index (κ3) is 4.26. The van der Waals surface area contributed by atoms with Crippen LogP contribution in [-0.4, -0.2) is 34.5 Å². The van der Waals surface area contributed by atoms with Gasteiger partial charge in [-0.2, -0.15) is 0 Å². The minimum absolute atomic E-state index is 0.109. The van der Waals surface area contributed by atoms with Gasteiger partial charge in [0.15, 0.2) is 12.3 Å². The first kappa shape index (κ1) is 16.4. The molecule has 1 amide bonds. The van der Waals surface area contributed by atoms with Crippen LogP contribution in [0.2, 0.25) is 0 Å². The zero-order valence-corrected chi connectivity index (χ0v) is 13.3. The van der Waals surface area contributed by atoms with Crippen LogP contribution in [0.15, 0.2) is 12.4 Å². The molecule has 0 bridgehead atoms. The van der Waals surface area contributed by atoms with Crippen molar-refractivity contribution in [3.8, 4) is 0 Å². The molecule has 1 aliphatic rings. The molecule has 2 rings (SSSR count). The number of hydrogen-bond acceptors (Lipinski definition) is 5. The van der Waals surface area contributed by atoms with Gasteiger partial charge >= 0.3 is 5.97 Å². The van der Waals surface area contributed by atoms with Gasteiger partial charge in [0.2, 0.25) is 0 Å². The summed E-state index contributed by atoms with van der Waals surface area (Å²) < 4.78 is 4.98. The van der Waals surface area contributed by atoms with E-state index in [-0.39, 0.29) is 24.2 Å². The Bertz CT molecular complexity index is 530. The van der Waals surface area contributed by atoms with Crippen molar-refractivity contribution in [2.45, 2.75) is 46.1 Å². The second-order valence-corrected chi connectivity index (χ2v) is 6.06. The predicted molar refractivity (Wildman–Crippen MR) is 81.2 cm³/mol. The summed E-state index contributed by atoms with van der Waals surface area (Å²) in [6.07, 6.45) is 6.14. The molecule has 0 aromatic carbocycles. The highest BCUT2D eigenvalue weighted by Crippen LogP contribution is 2.29. The molecule has 0 saturated heterocycles. The van der Waals surface area contributed by atoms with Crippen LogP contribution in [-0.2, 0) is 9.53 Å². The summed E-state index contributed by atoms with van der Waals surface area (Å²) in [6, 6.07) is 0.161. The van der Waals surface area contributed by atoms with E-state index in [1.165, 1.54) is 18.8 Å². The largest absolute Gasteiger partial charge is 0.451 e. The molecule has 1 saturated carbocycles. The molecule has 22 heavy (non-hydrogen) atoms. The Kier molecular flexibility index (Phi) is 5.46. The quantitative estimate of drug-likeness (QED) is 0.859. The van der Waals surface area contributed by atoms with Gasteiger partial charge in [0.1, 0.15) is 0 Å². The number of ether oxygens (including phenoxy) is 1. The summed E-state index contributed by atoms with van der Waals surface area (Å²) in [5.74, 6) is 0.146. The number of nitrogens with one attached hydrogen (secondary N) is 1. The Morgan fingerprint density at radius 3 is 2.73 bits per heavy atom. The minimum Gasteiger partial charge on any atom is -0.451 e. The molecule has 1 fully saturated rings. The van der Waals surface area contributed by atoms with Crippen molar-refractivity contribution in [2.75, 3.05) is 6.61 Å². The van der Waals surface area contributed by atoms with Crippen molar-refractivity contribution in [3.05, 3.63) is 23.8 Å². The molecule has 120 valence electrons. The van der Waals surface area contributed by atoms with E-state index < -0.39 is 5.97 Å². The average Bonchev–Trinajstić information content (AvgIpc) is 2.50. The predicted octanol–water partition coefficient (Wildman–Crippen LogP) is 1.88. The van der Waals surface area contributed by atoms with E-state index in [0.29, 0.717) is 11.8 Å². The lowest BCUT2D eigenvalue weighted by molar-refractivity contribution is -0.125. The van der Waals surface area contributed by atoms with Crippen molar-refractivity contribution in [2.24, 2.45) is 11.8 Å². The fraction of sp³-hybridized carbons (Fsp3) is 0.625. The van der Waals surface area contributed by atoms with Crippen molar-refractivity contribution in [3.63, 3.8) is 0 Å². The smallest absolute Gasteiger partial charge is 0.359 e. The molecular formula is C16H23N3O3. The second kappa shape index (κ2) is 7.33. The highest BCUT2D eigenvalue weighted by Gasteiger charge is 2.28. The summed E-state index contributed by atoms with van der Waals surface area (Å²) in [4.78, 5) is 31.6. The lowest BCUT2D eigenvalue weighted by Gasteiger charge is -2.34. The molecule has 0 spiro atoms. The van der Waals surface area contributed by atoms with Crippen molar-refractivity contribution >= 4 is 11.9 Å². The first-order valence-electron chi connectivity index (χ1n) is 7.72. The Hall–Kier alpha value is -1.98. The lowest BCUT2D eigenvalue weighted by atomic mass is 9.78. The van der Waals surface area contributed by atoms with Gasteiger partial charge in [-0.1, -0.05) is 26.7 Å². The molecule has 1 aromatic rings. The summed E-state index contributed by atoms with van der Waals surface area (Å²) >= 11 is 0. The van der Waals surface area contributed by atoms with E-state index in [0.717, 1.165) is 18.5 Å². The maximum absolute atomic E-state index is 11.9. The van der Waals surface area contributed by atoms with Gasteiger partial charge in [-0.3, -0.25) is 9.78 Å². The zero-order chi connectivity index (χ0) is 16.1. The summed E-state index contributed by atoms with van der Waals surface area (Å²) in [5, 5.41) is 2.96. The number of carbonyl (C=O) groups excluding carboxylic acids is 2. The molecule has 3 atom stereocenters. The first-order chi connectivity index (χ1) is 10.5. The van der Waals surface area contributed by atoms with E-state index in [1.807, 2.05) is 0 Å². The molecule has 1 aliphatic carbocycles. The number of hydrogen-bond donors (Lipinski definition) is 1. The van der Waals surface area contributed by atoms with Crippen LogP contribution in [0, 0.1) is 18.8 Å². The molecule has 6 nitrogen and oxygen atoms in total. The number of amides is 1. The number of carbonyl (C=O) groups is 2. The number of esters is 1. The molecular weight excluding hydrogens is 282 g/mol. The molecule has 0 aliphatic heterocycles. The summed E-state index contributed by atoms with van der Waals surface area (Å²) in [7, 11) is 0. The van der Waals surface area contributed by atoms with Crippen LogP contribution >= 0.6 is 0 Å². The normalized spacial score (nSPS) is 24.6. The van der Waals surface area contributed by atoms with Crippen LogP contribution in [0.1, 0.15) is 49.3 Å². The van der Waals surface area contributed by atoms with E-state index in [1.54, 1.807) is 6.92 Å². The van der Waals surface area contributed by atoms with Crippen molar-refractivity contribution in [1.29, 1.82) is 0 Å². The van der Waals surface area contributed by atoms with Crippen molar-refractivity contribution in [1.82, 2.24) is 15.3 Å². The first-order valence-corrected chi connectivity index (χ1v) is 7.72. The third-order valence-corrected chi connectivity index (χ3v) is 4.38. The average molecular weight is 305 g/mol. The van der Waals surface area contributed by atoms with Crippen LogP contribution in [0.25, 0.3) is 0 Å². The van der Waals surface area contributed by atoms with E-state index in [2.05, 4.69) is 29.1 Å².